The number of hydrogen-bond donors (Lipinski definition) is 0. The molecule has 0 N–H and O–H groups in total. The van der Waals surface area contributed by atoms with Crippen molar-refractivity contribution in [3.8, 4) is 28.7 Å². The van der Waals surface area contributed by atoms with Gasteiger partial charge in [-0.15, -0.1) is 0 Å². The van der Waals surface area contributed by atoms with Crippen LogP contribution in [0.15, 0.2) is 53.1 Å². The molecule has 0 radical (unpaired) electrons. The Morgan fingerprint density at radius 1 is 0.933 bits per heavy atom. The third-order valence-electron chi connectivity index (χ3n) is 4.07. The van der Waals surface area contributed by atoms with E-state index in [0.29, 0.717) is 54.2 Å². The van der Waals surface area contributed by atoms with Crippen LogP contribution >= 0.6 is 0 Å². The zero-order chi connectivity index (χ0) is 21.3. The lowest BCUT2D eigenvalue weighted by atomic mass is 10.2. The maximum absolute atomic E-state index is 12.6. The Hall–Kier alpha value is -3.48. The van der Waals surface area contributed by atoms with Crippen molar-refractivity contribution >= 4 is 5.97 Å². The lowest BCUT2D eigenvalue weighted by Gasteiger charge is -2.16. The number of carbonyl (C=O) groups excluding carboxylic acids is 1. The average Bonchev–Trinajstić information content (AvgIpc) is 3.24. The van der Waals surface area contributed by atoms with E-state index in [9.17, 15) is 4.79 Å². The molecule has 0 unspecified atom stereocenters. The molecule has 1 aromatic heterocycles. The maximum atomic E-state index is 12.6. The number of rotatable bonds is 10. The van der Waals surface area contributed by atoms with Gasteiger partial charge in [0.15, 0.2) is 11.5 Å². The zero-order valence-electron chi connectivity index (χ0n) is 17.3. The predicted molar refractivity (Wildman–Crippen MR) is 111 cm³/mol. The molecule has 0 fully saturated rings. The van der Waals surface area contributed by atoms with E-state index in [-0.39, 0.29) is 6.61 Å². The Bertz CT molecular complexity index is 940. The molecule has 0 aliphatic heterocycles. The first-order valence-electron chi connectivity index (χ1n) is 9.89. The number of nitrogens with zero attached hydrogens (tertiary/aromatic N) is 1. The summed E-state index contributed by atoms with van der Waals surface area (Å²) in [6.07, 6.45) is 1.48. The van der Waals surface area contributed by atoms with Crippen LogP contribution in [0.1, 0.15) is 36.8 Å². The molecule has 3 aromatic rings. The van der Waals surface area contributed by atoms with Gasteiger partial charge in [0.1, 0.15) is 18.6 Å². The monoisotopic (exact) mass is 411 g/mol. The summed E-state index contributed by atoms with van der Waals surface area (Å²) >= 11 is 0. The summed E-state index contributed by atoms with van der Waals surface area (Å²) in [5.74, 6) is 1.29. The van der Waals surface area contributed by atoms with Crippen molar-refractivity contribution in [2.75, 3.05) is 19.8 Å². The van der Waals surface area contributed by atoms with E-state index < -0.39 is 5.97 Å². The molecule has 0 atom stereocenters. The van der Waals surface area contributed by atoms with Crippen LogP contribution in [0.2, 0.25) is 0 Å². The van der Waals surface area contributed by atoms with Gasteiger partial charge in [-0.05, 0) is 45.0 Å². The second kappa shape index (κ2) is 10.3. The Morgan fingerprint density at radius 2 is 1.57 bits per heavy atom. The average molecular weight is 411 g/mol. The van der Waals surface area contributed by atoms with E-state index in [4.69, 9.17) is 23.4 Å². The van der Waals surface area contributed by atoms with E-state index in [1.807, 2.05) is 51.1 Å². The SMILES string of the molecule is CCOc1cc(C(=O)OCc2coc(-c3ccccc3)n2)cc(OCC)c1OCC. The molecule has 7 heteroatoms. The number of benzene rings is 2. The van der Waals surface area contributed by atoms with Gasteiger partial charge < -0.3 is 23.4 Å². The number of hydrogen-bond acceptors (Lipinski definition) is 7. The van der Waals surface area contributed by atoms with Crippen LogP contribution in [0, 0.1) is 0 Å². The van der Waals surface area contributed by atoms with Crippen molar-refractivity contribution in [1.82, 2.24) is 4.98 Å². The van der Waals surface area contributed by atoms with E-state index >= 15 is 0 Å². The number of carbonyl (C=O) groups is 1. The molecule has 0 bridgehead atoms. The van der Waals surface area contributed by atoms with Crippen LogP contribution in [-0.2, 0) is 11.3 Å². The van der Waals surface area contributed by atoms with Crippen molar-refractivity contribution in [2.45, 2.75) is 27.4 Å². The van der Waals surface area contributed by atoms with Crippen molar-refractivity contribution in [1.29, 1.82) is 0 Å². The van der Waals surface area contributed by atoms with Crippen LogP contribution in [0.25, 0.3) is 11.5 Å². The Morgan fingerprint density at radius 3 is 2.17 bits per heavy atom. The molecule has 0 aliphatic carbocycles. The standard InChI is InChI=1S/C23H25NO6/c1-4-26-19-12-17(13-20(27-5-2)21(19)28-6-3)23(25)30-15-18-14-29-22(24-18)16-10-8-7-9-11-16/h7-14H,4-6,15H2,1-3H3. The van der Waals surface area contributed by atoms with Crippen molar-refractivity contribution < 1.29 is 28.2 Å². The van der Waals surface area contributed by atoms with Crippen LogP contribution < -0.4 is 14.2 Å². The van der Waals surface area contributed by atoms with E-state index in [2.05, 4.69) is 4.98 Å². The number of aromatic nitrogens is 1. The molecule has 7 nitrogen and oxygen atoms in total. The Balaban J connectivity index is 1.75. The summed E-state index contributed by atoms with van der Waals surface area (Å²) in [4.78, 5) is 17.0. The topological polar surface area (TPSA) is 80.0 Å². The first-order valence-corrected chi connectivity index (χ1v) is 9.89. The molecule has 0 amide bonds. The summed E-state index contributed by atoms with van der Waals surface area (Å²) in [5, 5.41) is 0. The third kappa shape index (κ3) is 5.11. The summed E-state index contributed by atoms with van der Waals surface area (Å²) in [5.41, 5.74) is 1.67. The van der Waals surface area contributed by atoms with Crippen molar-refractivity contribution in [3.63, 3.8) is 0 Å². The number of oxazole rings is 1. The molecular weight excluding hydrogens is 386 g/mol. The molecule has 0 saturated carbocycles. The van der Waals surface area contributed by atoms with Crippen LogP contribution in [0.5, 0.6) is 17.2 Å². The maximum Gasteiger partial charge on any atom is 0.338 e. The highest BCUT2D eigenvalue weighted by Gasteiger charge is 2.19. The molecule has 158 valence electrons. The smallest absolute Gasteiger partial charge is 0.338 e. The van der Waals surface area contributed by atoms with Gasteiger partial charge >= 0.3 is 5.97 Å². The Labute approximate surface area is 175 Å². The van der Waals surface area contributed by atoms with Gasteiger partial charge in [0.25, 0.3) is 0 Å². The quantitative estimate of drug-likeness (QED) is 0.439. The van der Waals surface area contributed by atoms with E-state index in [0.717, 1.165) is 5.56 Å². The lowest BCUT2D eigenvalue weighted by Crippen LogP contribution is -2.09. The van der Waals surface area contributed by atoms with E-state index in [1.165, 1.54) is 6.26 Å². The highest BCUT2D eigenvalue weighted by molar-refractivity contribution is 5.91. The van der Waals surface area contributed by atoms with Gasteiger partial charge in [0.2, 0.25) is 11.6 Å². The number of ether oxygens (including phenoxy) is 4. The van der Waals surface area contributed by atoms with Gasteiger partial charge in [-0.3, -0.25) is 0 Å². The summed E-state index contributed by atoms with van der Waals surface area (Å²) < 4.78 is 27.8. The largest absolute Gasteiger partial charge is 0.490 e. The van der Waals surface area contributed by atoms with Gasteiger partial charge in [0.05, 0.1) is 25.4 Å². The molecule has 3 rings (SSSR count). The van der Waals surface area contributed by atoms with Crippen molar-refractivity contribution in [2.24, 2.45) is 0 Å². The Kier molecular flexibility index (Phi) is 7.32. The van der Waals surface area contributed by atoms with Gasteiger partial charge in [-0.1, -0.05) is 18.2 Å². The molecule has 0 spiro atoms. The highest BCUT2D eigenvalue weighted by Crippen LogP contribution is 2.39. The van der Waals surface area contributed by atoms with Crippen LogP contribution in [0.3, 0.4) is 0 Å². The highest BCUT2D eigenvalue weighted by atomic mass is 16.5. The number of esters is 1. The fourth-order valence-electron chi connectivity index (χ4n) is 2.82. The second-order valence-electron chi connectivity index (χ2n) is 6.19. The fraction of sp³-hybridized carbons (Fsp3) is 0.304. The van der Waals surface area contributed by atoms with Crippen LogP contribution in [0.4, 0.5) is 0 Å². The minimum absolute atomic E-state index is 0.0175. The summed E-state index contributed by atoms with van der Waals surface area (Å²) in [6, 6.07) is 12.7. The second-order valence-corrected chi connectivity index (χ2v) is 6.19. The fourth-order valence-corrected chi connectivity index (χ4v) is 2.82. The van der Waals surface area contributed by atoms with E-state index in [1.54, 1.807) is 12.1 Å². The zero-order valence-corrected chi connectivity index (χ0v) is 17.3. The molecule has 0 saturated heterocycles. The minimum atomic E-state index is -0.524. The van der Waals surface area contributed by atoms with Crippen LogP contribution in [-0.4, -0.2) is 30.8 Å². The summed E-state index contributed by atoms with van der Waals surface area (Å²) in [6.45, 7) is 6.86. The van der Waals surface area contributed by atoms with Gasteiger partial charge in [-0.25, -0.2) is 9.78 Å². The first kappa shape index (κ1) is 21.2. The third-order valence-corrected chi connectivity index (χ3v) is 4.07. The summed E-state index contributed by atoms with van der Waals surface area (Å²) in [7, 11) is 0. The molecule has 1 heterocycles. The van der Waals surface area contributed by atoms with Gasteiger partial charge in [0, 0.05) is 5.56 Å². The minimum Gasteiger partial charge on any atom is -0.490 e. The molecular formula is C23H25NO6. The van der Waals surface area contributed by atoms with Gasteiger partial charge in [-0.2, -0.15) is 0 Å². The molecule has 0 aliphatic rings. The first-order chi connectivity index (χ1) is 14.7. The van der Waals surface area contributed by atoms with Crippen molar-refractivity contribution in [3.05, 3.63) is 60.0 Å². The lowest BCUT2D eigenvalue weighted by molar-refractivity contribution is 0.0466. The predicted octanol–water partition coefficient (Wildman–Crippen LogP) is 4.89. The molecule has 30 heavy (non-hydrogen) atoms. The normalized spacial score (nSPS) is 10.5. The molecule has 2 aromatic carbocycles.